The van der Waals surface area contributed by atoms with E-state index in [1.165, 1.54) is 13.1 Å². The third-order valence-electron chi connectivity index (χ3n) is 3.67. The van der Waals surface area contributed by atoms with Crippen LogP contribution in [0.3, 0.4) is 0 Å². The normalized spacial score (nSPS) is 12.3. The van der Waals surface area contributed by atoms with Gasteiger partial charge in [0.1, 0.15) is 5.75 Å². The summed E-state index contributed by atoms with van der Waals surface area (Å²) in [5.74, 6) is -0.838. The first-order chi connectivity index (χ1) is 12.5. The number of aliphatic carboxylic acids is 1. The molecule has 2 N–H and O–H groups in total. The Morgan fingerprint density at radius 2 is 1.88 bits per heavy atom. The number of rotatable bonds is 5. The molecule has 3 rings (SSSR count). The largest absolute Gasteiger partial charge is 0.479 e. The number of benzene rings is 2. The minimum absolute atomic E-state index is 0.274. The first-order valence-electron chi connectivity index (χ1n) is 7.74. The Labute approximate surface area is 147 Å². The van der Waals surface area contributed by atoms with Crippen molar-refractivity contribution in [3.05, 3.63) is 74.9 Å². The average Bonchev–Trinajstić information content (AvgIpc) is 2.62. The minimum Gasteiger partial charge on any atom is -0.479 e. The number of hydrogen-bond acceptors (Lipinski definition) is 5. The molecular weight excluding hydrogens is 338 g/mol. The van der Waals surface area contributed by atoms with Crippen molar-refractivity contribution in [1.82, 2.24) is 9.66 Å². The molecule has 0 radical (unpaired) electrons. The summed E-state index contributed by atoms with van der Waals surface area (Å²) < 4.78 is 6.07. The maximum atomic E-state index is 12.4. The summed E-state index contributed by atoms with van der Waals surface area (Å²) in [4.78, 5) is 38.1. The molecule has 0 saturated heterocycles. The van der Waals surface area contributed by atoms with Crippen molar-refractivity contribution in [1.29, 1.82) is 0 Å². The molecule has 2 aromatic carbocycles. The van der Waals surface area contributed by atoms with Gasteiger partial charge in [-0.15, -0.1) is 4.68 Å². The fourth-order valence-electron chi connectivity index (χ4n) is 2.31. The minimum atomic E-state index is -1.11. The second-order valence-corrected chi connectivity index (χ2v) is 5.47. The monoisotopic (exact) mass is 353 g/mol. The van der Waals surface area contributed by atoms with Gasteiger partial charge in [0, 0.05) is 5.56 Å². The van der Waals surface area contributed by atoms with E-state index in [-0.39, 0.29) is 5.75 Å². The lowest BCUT2D eigenvalue weighted by atomic mass is 10.2. The molecule has 0 aliphatic rings. The van der Waals surface area contributed by atoms with Gasteiger partial charge in [-0.05, 0) is 31.2 Å². The Hall–Kier alpha value is -3.68. The van der Waals surface area contributed by atoms with E-state index in [0.717, 1.165) is 0 Å². The molecule has 0 fully saturated rings. The van der Waals surface area contributed by atoms with E-state index >= 15 is 0 Å². The number of ether oxygens (including phenoxy) is 1. The van der Waals surface area contributed by atoms with Gasteiger partial charge in [-0.1, -0.05) is 24.3 Å². The zero-order valence-corrected chi connectivity index (χ0v) is 13.7. The summed E-state index contributed by atoms with van der Waals surface area (Å²) in [6.45, 7) is 1.40. The average molecular weight is 353 g/mol. The predicted octanol–water partition coefficient (Wildman–Crippen LogP) is 1.42. The molecule has 26 heavy (non-hydrogen) atoms. The van der Waals surface area contributed by atoms with Crippen LogP contribution in [0.15, 0.2) is 63.2 Å². The second-order valence-electron chi connectivity index (χ2n) is 5.47. The number of carbonyl (C=O) groups is 1. The van der Waals surface area contributed by atoms with Gasteiger partial charge in [-0.3, -0.25) is 4.79 Å². The van der Waals surface area contributed by atoms with Gasteiger partial charge >= 0.3 is 11.7 Å². The second kappa shape index (κ2) is 7.06. The molecule has 3 aromatic rings. The van der Waals surface area contributed by atoms with Crippen LogP contribution in [0.2, 0.25) is 0 Å². The fourth-order valence-corrected chi connectivity index (χ4v) is 2.31. The lowest BCUT2D eigenvalue weighted by Crippen LogP contribution is -2.32. The number of aromatic nitrogens is 2. The Bertz CT molecular complexity index is 1110. The smallest absolute Gasteiger partial charge is 0.349 e. The van der Waals surface area contributed by atoms with Gasteiger partial charge in [0.15, 0.2) is 6.10 Å². The van der Waals surface area contributed by atoms with Gasteiger partial charge in [0.05, 0.1) is 17.1 Å². The lowest BCUT2D eigenvalue weighted by Gasteiger charge is -2.12. The summed E-state index contributed by atoms with van der Waals surface area (Å²) in [6.07, 6.45) is 0.214. The van der Waals surface area contributed by atoms with E-state index in [0.29, 0.717) is 21.1 Å². The van der Waals surface area contributed by atoms with Crippen LogP contribution < -0.4 is 16.0 Å². The van der Waals surface area contributed by atoms with Crippen molar-refractivity contribution >= 4 is 23.1 Å². The summed E-state index contributed by atoms with van der Waals surface area (Å²) in [5, 5.41) is 13.2. The van der Waals surface area contributed by atoms with Gasteiger partial charge in [0.2, 0.25) is 0 Å². The van der Waals surface area contributed by atoms with E-state index in [4.69, 9.17) is 9.84 Å². The molecule has 1 heterocycles. The van der Waals surface area contributed by atoms with Crippen molar-refractivity contribution in [3.8, 4) is 5.75 Å². The molecule has 0 amide bonds. The maximum absolute atomic E-state index is 12.4. The molecule has 0 unspecified atom stereocenters. The predicted molar refractivity (Wildman–Crippen MR) is 96.0 cm³/mol. The quantitative estimate of drug-likeness (QED) is 0.674. The Morgan fingerprint density at radius 1 is 1.19 bits per heavy atom. The van der Waals surface area contributed by atoms with Crippen molar-refractivity contribution < 1.29 is 14.6 Å². The number of nitrogens with one attached hydrogen (secondary N) is 1. The summed E-state index contributed by atoms with van der Waals surface area (Å²) in [7, 11) is 0. The fraction of sp³-hybridized carbons (Fsp3) is 0.111. The Balaban J connectivity index is 2.02. The molecular formula is C18H15N3O5. The molecule has 1 aromatic heterocycles. The van der Waals surface area contributed by atoms with Crippen molar-refractivity contribution in [2.75, 3.05) is 0 Å². The van der Waals surface area contributed by atoms with Crippen LogP contribution >= 0.6 is 0 Å². The van der Waals surface area contributed by atoms with E-state index in [1.807, 2.05) is 0 Å². The molecule has 8 heteroatoms. The highest BCUT2D eigenvalue weighted by atomic mass is 16.5. The number of H-pyrrole nitrogens is 1. The molecule has 132 valence electrons. The standard InChI is InChI=1S/C18H15N3O5/c1-11(17(23)24)26-15-9-5-2-6-12(15)10-19-21-16(22)13-7-3-4-8-14(13)20-18(21)25/h2-11H,1H3,(H,20,25)(H,23,24)/t11-/m0/s1. The number of para-hydroxylation sites is 2. The van der Waals surface area contributed by atoms with Crippen LogP contribution in [-0.2, 0) is 4.79 Å². The molecule has 0 aliphatic heterocycles. The molecule has 0 aliphatic carbocycles. The number of nitrogens with zero attached hydrogens (tertiary/aromatic N) is 2. The lowest BCUT2D eigenvalue weighted by molar-refractivity contribution is -0.144. The van der Waals surface area contributed by atoms with Crippen molar-refractivity contribution in [2.24, 2.45) is 5.10 Å². The van der Waals surface area contributed by atoms with Crippen LogP contribution in [0.4, 0.5) is 0 Å². The van der Waals surface area contributed by atoms with E-state index in [2.05, 4.69) is 10.1 Å². The number of aromatic amines is 1. The van der Waals surface area contributed by atoms with E-state index < -0.39 is 23.3 Å². The molecule has 0 spiro atoms. The van der Waals surface area contributed by atoms with Gasteiger partial charge < -0.3 is 14.8 Å². The van der Waals surface area contributed by atoms with E-state index in [9.17, 15) is 14.4 Å². The Kier molecular flexibility index (Phi) is 4.66. The van der Waals surface area contributed by atoms with Crippen LogP contribution in [0.5, 0.6) is 5.75 Å². The summed E-state index contributed by atoms with van der Waals surface area (Å²) >= 11 is 0. The number of fused-ring (bicyclic) bond motifs is 1. The van der Waals surface area contributed by atoms with Gasteiger partial charge in [0.25, 0.3) is 5.56 Å². The van der Waals surface area contributed by atoms with Crippen LogP contribution in [0, 0.1) is 0 Å². The SMILES string of the molecule is C[C@H](Oc1ccccc1C=Nn1c(=O)[nH]c2ccccc2c1=O)C(=O)O. The maximum Gasteiger partial charge on any atom is 0.349 e. The Morgan fingerprint density at radius 3 is 2.65 bits per heavy atom. The molecule has 1 atom stereocenters. The van der Waals surface area contributed by atoms with Crippen LogP contribution in [-0.4, -0.2) is 33.1 Å². The van der Waals surface area contributed by atoms with Crippen molar-refractivity contribution in [2.45, 2.75) is 13.0 Å². The van der Waals surface area contributed by atoms with Gasteiger partial charge in [-0.2, -0.15) is 5.10 Å². The third kappa shape index (κ3) is 3.39. The number of hydrogen-bond donors (Lipinski definition) is 2. The highest BCUT2D eigenvalue weighted by Gasteiger charge is 2.14. The number of carboxylic acids is 1. The first kappa shape index (κ1) is 17.2. The van der Waals surface area contributed by atoms with Gasteiger partial charge in [-0.25, -0.2) is 9.59 Å². The third-order valence-corrected chi connectivity index (χ3v) is 3.67. The zero-order chi connectivity index (χ0) is 18.7. The molecule has 0 bridgehead atoms. The first-order valence-corrected chi connectivity index (χ1v) is 7.74. The summed E-state index contributed by atoms with van der Waals surface area (Å²) in [5.41, 5.74) is -0.381. The summed E-state index contributed by atoms with van der Waals surface area (Å²) in [6, 6.07) is 13.2. The highest BCUT2D eigenvalue weighted by molar-refractivity contribution is 5.84. The number of carboxylic acid groups (broad SMARTS) is 1. The van der Waals surface area contributed by atoms with Crippen LogP contribution in [0.25, 0.3) is 10.9 Å². The van der Waals surface area contributed by atoms with Crippen molar-refractivity contribution in [3.63, 3.8) is 0 Å². The molecule has 8 nitrogen and oxygen atoms in total. The van der Waals surface area contributed by atoms with Crippen LogP contribution in [0.1, 0.15) is 12.5 Å². The highest BCUT2D eigenvalue weighted by Crippen LogP contribution is 2.17. The topological polar surface area (TPSA) is 114 Å². The molecule has 0 saturated carbocycles. The van der Waals surface area contributed by atoms with E-state index in [1.54, 1.807) is 48.5 Å². The zero-order valence-electron chi connectivity index (χ0n) is 13.7.